The lowest BCUT2D eigenvalue weighted by atomic mass is 10.0. The van der Waals surface area contributed by atoms with Crippen LogP contribution in [-0.2, 0) is 16.1 Å². The van der Waals surface area contributed by atoms with E-state index in [1.54, 1.807) is 24.3 Å². The lowest BCUT2D eigenvalue weighted by Gasteiger charge is -2.14. The van der Waals surface area contributed by atoms with Crippen molar-refractivity contribution in [3.05, 3.63) is 65.2 Å². The summed E-state index contributed by atoms with van der Waals surface area (Å²) in [6.45, 7) is 3.82. The molecule has 1 N–H and O–H groups in total. The van der Waals surface area contributed by atoms with Crippen molar-refractivity contribution in [3.8, 4) is 5.75 Å². The third-order valence-electron chi connectivity index (χ3n) is 3.61. The molecule has 2 aromatic carbocycles. The van der Waals surface area contributed by atoms with E-state index in [-0.39, 0.29) is 24.1 Å². The third-order valence-corrected chi connectivity index (χ3v) is 3.61. The molecule has 1 atom stereocenters. The maximum Gasteiger partial charge on any atom is 0.336 e. The van der Waals surface area contributed by atoms with Gasteiger partial charge in [-0.1, -0.05) is 37.3 Å². The molecule has 0 radical (unpaired) electrons. The Morgan fingerprint density at radius 3 is 2.58 bits per heavy atom. The normalized spacial score (nSPS) is 11.6. The molecular weight excluding hydrogens is 308 g/mol. The first-order chi connectivity index (χ1) is 11.5. The van der Waals surface area contributed by atoms with Crippen LogP contribution in [0, 0.1) is 0 Å². The highest BCUT2D eigenvalue weighted by molar-refractivity contribution is 5.89. The molecule has 24 heavy (non-hydrogen) atoms. The minimum absolute atomic E-state index is 0.0451. The summed E-state index contributed by atoms with van der Waals surface area (Å²) in [6.07, 6.45) is 0. The fourth-order valence-electron chi connectivity index (χ4n) is 2.27. The topological polar surface area (TPSA) is 72.8 Å². The van der Waals surface area contributed by atoms with Crippen molar-refractivity contribution in [2.24, 2.45) is 0 Å². The quantitative estimate of drug-likeness (QED) is 0.786. The molecule has 0 aliphatic carbocycles. The Labute approximate surface area is 140 Å². The largest absolute Gasteiger partial charge is 0.489 e. The third kappa shape index (κ3) is 4.84. The summed E-state index contributed by atoms with van der Waals surface area (Å²) in [5, 5.41) is 9.19. The van der Waals surface area contributed by atoms with E-state index in [2.05, 4.69) is 0 Å². The molecule has 5 heteroatoms. The molecule has 0 unspecified atom stereocenters. The number of esters is 1. The molecule has 0 bridgehead atoms. The first kappa shape index (κ1) is 17.5. The van der Waals surface area contributed by atoms with Gasteiger partial charge in [0.1, 0.15) is 12.4 Å². The second-order valence-corrected chi connectivity index (χ2v) is 5.53. The Bertz CT molecular complexity index is 723. The fraction of sp³-hybridized carbons (Fsp3) is 0.263. The van der Waals surface area contributed by atoms with Crippen LogP contribution in [0.2, 0.25) is 0 Å². The number of carboxylic acids is 1. The van der Waals surface area contributed by atoms with Crippen LogP contribution in [0.4, 0.5) is 0 Å². The molecule has 2 rings (SSSR count). The Morgan fingerprint density at radius 1 is 1.12 bits per heavy atom. The van der Waals surface area contributed by atoms with E-state index in [0.717, 1.165) is 5.56 Å². The van der Waals surface area contributed by atoms with Crippen molar-refractivity contribution in [1.82, 2.24) is 0 Å². The van der Waals surface area contributed by atoms with Crippen molar-refractivity contribution in [1.29, 1.82) is 0 Å². The van der Waals surface area contributed by atoms with Gasteiger partial charge in [0.25, 0.3) is 0 Å². The van der Waals surface area contributed by atoms with E-state index in [4.69, 9.17) is 9.47 Å². The number of carbonyl (C=O) groups is 2. The van der Waals surface area contributed by atoms with Crippen molar-refractivity contribution >= 4 is 11.9 Å². The zero-order valence-electron chi connectivity index (χ0n) is 13.7. The Hall–Kier alpha value is -2.82. The highest BCUT2D eigenvalue weighted by Crippen LogP contribution is 2.22. The highest BCUT2D eigenvalue weighted by Gasteiger charge is 2.11. The van der Waals surface area contributed by atoms with E-state index >= 15 is 0 Å². The minimum Gasteiger partial charge on any atom is -0.489 e. The van der Waals surface area contributed by atoms with Gasteiger partial charge < -0.3 is 14.6 Å². The number of hydrogen-bond acceptors (Lipinski definition) is 4. The Kier molecular flexibility index (Phi) is 5.95. The van der Waals surface area contributed by atoms with Crippen molar-refractivity contribution in [2.75, 3.05) is 6.61 Å². The number of rotatable bonds is 7. The number of ether oxygens (including phenoxy) is 2. The predicted octanol–water partition coefficient (Wildman–Crippen LogP) is 3.63. The van der Waals surface area contributed by atoms with Gasteiger partial charge in [-0.15, -0.1) is 0 Å². The molecule has 0 aliphatic rings. The molecule has 0 amide bonds. The molecule has 5 nitrogen and oxygen atoms in total. The molecule has 0 saturated carbocycles. The van der Waals surface area contributed by atoms with Crippen LogP contribution < -0.4 is 4.74 Å². The molecule has 2 aromatic rings. The van der Waals surface area contributed by atoms with Gasteiger partial charge in [-0.25, -0.2) is 4.79 Å². The van der Waals surface area contributed by atoms with Gasteiger partial charge in [0.15, 0.2) is 0 Å². The lowest BCUT2D eigenvalue weighted by Crippen LogP contribution is -2.08. The fourth-order valence-corrected chi connectivity index (χ4v) is 2.27. The molecule has 0 aromatic heterocycles. The van der Waals surface area contributed by atoms with Gasteiger partial charge in [-0.05, 0) is 23.8 Å². The highest BCUT2D eigenvalue weighted by atomic mass is 16.5. The van der Waals surface area contributed by atoms with Crippen molar-refractivity contribution < 1.29 is 24.2 Å². The second-order valence-electron chi connectivity index (χ2n) is 5.53. The van der Waals surface area contributed by atoms with Gasteiger partial charge in [-0.3, -0.25) is 4.79 Å². The summed E-state index contributed by atoms with van der Waals surface area (Å²) in [4.78, 5) is 22.1. The van der Waals surface area contributed by atoms with Crippen LogP contribution in [0.15, 0.2) is 48.5 Å². The molecule has 0 aliphatic heterocycles. The maximum atomic E-state index is 11.2. The van der Waals surface area contributed by atoms with Gasteiger partial charge in [0.05, 0.1) is 12.2 Å². The summed E-state index contributed by atoms with van der Waals surface area (Å²) in [5.74, 6) is -0.594. The monoisotopic (exact) mass is 328 g/mol. The second kappa shape index (κ2) is 8.15. The zero-order chi connectivity index (χ0) is 17.5. The van der Waals surface area contributed by atoms with Gasteiger partial charge >= 0.3 is 11.9 Å². The predicted molar refractivity (Wildman–Crippen MR) is 89.2 cm³/mol. The van der Waals surface area contributed by atoms with Crippen LogP contribution in [0.5, 0.6) is 5.75 Å². The molecule has 126 valence electrons. The van der Waals surface area contributed by atoms with E-state index in [1.807, 2.05) is 31.2 Å². The number of carbonyl (C=O) groups excluding carboxylic acids is 1. The Morgan fingerprint density at radius 2 is 1.88 bits per heavy atom. The van der Waals surface area contributed by atoms with Gasteiger partial charge in [-0.2, -0.15) is 0 Å². The van der Waals surface area contributed by atoms with E-state index in [1.165, 1.54) is 6.92 Å². The number of carboxylic acid groups (broad SMARTS) is 1. The molecule has 0 heterocycles. The van der Waals surface area contributed by atoms with Crippen LogP contribution >= 0.6 is 0 Å². The van der Waals surface area contributed by atoms with E-state index in [0.29, 0.717) is 17.9 Å². The summed E-state index contributed by atoms with van der Waals surface area (Å²) < 4.78 is 10.8. The minimum atomic E-state index is -0.974. The van der Waals surface area contributed by atoms with Gasteiger partial charge in [0.2, 0.25) is 0 Å². The van der Waals surface area contributed by atoms with Gasteiger partial charge in [0, 0.05) is 18.4 Å². The molecule has 0 fully saturated rings. The number of hydrogen-bond donors (Lipinski definition) is 1. The van der Waals surface area contributed by atoms with Crippen molar-refractivity contribution in [3.63, 3.8) is 0 Å². The standard InChI is InChI=1S/C19H20O5/c1-13(11-23-14(2)20)15-7-5-8-17(10-15)24-12-16-6-3-4-9-18(16)19(21)22/h3-10,13H,11-12H2,1-2H3,(H,21,22)/t13-/m0/s1. The first-order valence-corrected chi connectivity index (χ1v) is 7.64. The summed E-state index contributed by atoms with van der Waals surface area (Å²) >= 11 is 0. The summed E-state index contributed by atoms with van der Waals surface area (Å²) in [6, 6.07) is 14.2. The first-order valence-electron chi connectivity index (χ1n) is 7.64. The van der Waals surface area contributed by atoms with Crippen LogP contribution in [0.25, 0.3) is 0 Å². The SMILES string of the molecule is CC(=O)OC[C@H](C)c1cccc(OCc2ccccc2C(=O)O)c1. The van der Waals surface area contributed by atoms with Crippen LogP contribution in [0.1, 0.15) is 41.3 Å². The molecule has 0 spiro atoms. The van der Waals surface area contributed by atoms with Crippen LogP contribution in [0.3, 0.4) is 0 Å². The Balaban J connectivity index is 2.05. The van der Waals surface area contributed by atoms with E-state index in [9.17, 15) is 14.7 Å². The number of benzene rings is 2. The average molecular weight is 328 g/mol. The zero-order valence-corrected chi connectivity index (χ0v) is 13.7. The van der Waals surface area contributed by atoms with Crippen LogP contribution in [-0.4, -0.2) is 23.7 Å². The average Bonchev–Trinajstić information content (AvgIpc) is 2.58. The summed E-state index contributed by atoms with van der Waals surface area (Å²) in [5.41, 5.74) is 1.83. The summed E-state index contributed by atoms with van der Waals surface area (Å²) in [7, 11) is 0. The van der Waals surface area contributed by atoms with E-state index < -0.39 is 5.97 Å². The molecule has 0 saturated heterocycles. The lowest BCUT2D eigenvalue weighted by molar-refractivity contribution is -0.141. The number of aromatic carboxylic acids is 1. The molecular formula is C19H20O5. The maximum absolute atomic E-state index is 11.2. The smallest absolute Gasteiger partial charge is 0.336 e. The van der Waals surface area contributed by atoms with Crippen molar-refractivity contribution in [2.45, 2.75) is 26.4 Å².